The van der Waals surface area contributed by atoms with Gasteiger partial charge < -0.3 is 15.1 Å². The zero-order chi connectivity index (χ0) is 18.0. The maximum Gasteiger partial charge on any atom is 0.246 e. The Morgan fingerprint density at radius 3 is 2.68 bits per heavy atom. The number of nitrogens with one attached hydrogen (secondary N) is 1. The summed E-state index contributed by atoms with van der Waals surface area (Å²) in [7, 11) is 0. The summed E-state index contributed by atoms with van der Waals surface area (Å²) in [5, 5.41) is 3.79. The molecule has 7 heteroatoms. The highest BCUT2D eigenvalue weighted by Gasteiger charge is 2.47. The fraction of sp³-hybridized carbons (Fsp3) is 0.500. The van der Waals surface area contributed by atoms with Crippen LogP contribution in [0, 0.1) is 5.41 Å². The van der Waals surface area contributed by atoms with E-state index in [1.807, 2.05) is 19.1 Å². The molecule has 1 aromatic rings. The normalized spacial score (nSPS) is 19.9. The van der Waals surface area contributed by atoms with Gasteiger partial charge in [-0.1, -0.05) is 18.2 Å². The lowest BCUT2D eigenvalue weighted by Crippen LogP contribution is -2.64. The number of hydrogen-bond donors (Lipinski definition) is 1. The van der Waals surface area contributed by atoms with Gasteiger partial charge in [-0.25, -0.2) is 4.98 Å². The van der Waals surface area contributed by atoms with Crippen molar-refractivity contribution in [2.45, 2.75) is 25.8 Å². The quantitative estimate of drug-likeness (QED) is 0.830. The van der Waals surface area contributed by atoms with E-state index in [2.05, 4.69) is 21.8 Å². The van der Waals surface area contributed by atoms with Crippen molar-refractivity contribution < 1.29 is 9.59 Å². The summed E-state index contributed by atoms with van der Waals surface area (Å²) in [6, 6.07) is 3.80. The van der Waals surface area contributed by atoms with Crippen LogP contribution in [-0.2, 0) is 9.59 Å². The van der Waals surface area contributed by atoms with Crippen LogP contribution in [0.5, 0.6) is 0 Å². The summed E-state index contributed by atoms with van der Waals surface area (Å²) in [6.45, 7) is 7.89. The number of pyridine rings is 1. The Kier molecular flexibility index (Phi) is 4.99. The van der Waals surface area contributed by atoms with Gasteiger partial charge in [-0.05, 0) is 38.0 Å². The third kappa shape index (κ3) is 3.63. The van der Waals surface area contributed by atoms with Crippen LogP contribution in [0.15, 0.2) is 31.0 Å². The summed E-state index contributed by atoms with van der Waals surface area (Å²) >= 11 is 6.20. The van der Waals surface area contributed by atoms with Crippen molar-refractivity contribution in [3.8, 4) is 0 Å². The molecule has 134 valence electrons. The summed E-state index contributed by atoms with van der Waals surface area (Å²) < 4.78 is 0. The number of carbonyl (C=O) groups is 2. The molecular formula is C18H23ClN4O2. The molecule has 3 rings (SSSR count). The predicted octanol–water partition coefficient (Wildman–Crippen LogP) is 1.85. The van der Waals surface area contributed by atoms with E-state index in [-0.39, 0.29) is 17.9 Å². The Bertz CT molecular complexity index is 679. The first kappa shape index (κ1) is 17.7. The van der Waals surface area contributed by atoms with E-state index >= 15 is 0 Å². The minimum absolute atomic E-state index is 0.0231. The maximum atomic E-state index is 12.6. The second-order valence-electron chi connectivity index (χ2n) is 7.00. The van der Waals surface area contributed by atoms with E-state index in [9.17, 15) is 9.59 Å². The van der Waals surface area contributed by atoms with Gasteiger partial charge in [0.05, 0.1) is 10.4 Å². The molecule has 3 heterocycles. The van der Waals surface area contributed by atoms with Gasteiger partial charge in [-0.15, -0.1) is 0 Å². The average Bonchev–Trinajstić information content (AvgIpc) is 2.59. The minimum atomic E-state index is -0.500. The number of carbonyl (C=O) groups excluding carboxylic acids is 2. The zero-order valence-corrected chi connectivity index (χ0v) is 15.1. The molecule has 2 aliphatic rings. The number of likely N-dealkylation sites (tertiary alicyclic amines) is 1. The number of nitrogens with zero attached hydrogens (tertiary/aromatic N) is 3. The fourth-order valence-electron chi connectivity index (χ4n) is 3.43. The van der Waals surface area contributed by atoms with Crippen molar-refractivity contribution in [2.24, 2.45) is 5.41 Å². The Labute approximate surface area is 152 Å². The van der Waals surface area contributed by atoms with Crippen LogP contribution in [0.3, 0.4) is 0 Å². The maximum absolute atomic E-state index is 12.6. The summed E-state index contributed by atoms with van der Waals surface area (Å²) in [6.07, 6.45) is 4.73. The molecule has 0 radical (unpaired) electrons. The second kappa shape index (κ2) is 7.04. The van der Waals surface area contributed by atoms with Crippen LogP contribution in [0.2, 0.25) is 5.02 Å². The van der Waals surface area contributed by atoms with Gasteiger partial charge in [0.1, 0.15) is 5.82 Å². The Balaban J connectivity index is 1.49. The van der Waals surface area contributed by atoms with Crippen molar-refractivity contribution in [3.05, 3.63) is 36.0 Å². The Morgan fingerprint density at radius 2 is 2.08 bits per heavy atom. The van der Waals surface area contributed by atoms with Crippen LogP contribution in [-0.4, -0.2) is 53.9 Å². The molecule has 25 heavy (non-hydrogen) atoms. The van der Waals surface area contributed by atoms with E-state index in [4.69, 9.17) is 11.6 Å². The first-order valence-corrected chi connectivity index (χ1v) is 8.88. The third-order valence-corrected chi connectivity index (χ3v) is 5.28. The topological polar surface area (TPSA) is 65.5 Å². The number of aromatic nitrogens is 1. The van der Waals surface area contributed by atoms with Crippen molar-refractivity contribution >= 4 is 29.2 Å². The van der Waals surface area contributed by atoms with E-state index in [1.54, 1.807) is 11.1 Å². The average molecular weight is 363 g/mol. The Morgan fingerprint density at radius 1 is 1.40 bits per heavy atom. The highest BCUT2D eigenvalue weighted by atomic mass is 35.5. The largest absolute Gasteiger partial charge is 0.355 e. The summed E-state index contributed by atoms with van der Waals surface area (Å²) in [5.74, 6) is 0.708. The molecule has 0 saturated carbocycles. The van der Waals surface area contributed by atoms with Crippen LogP contribution < -0.4 is 10.2 Å². The van der Waals surface area contributed by atoms with Crippen molar-refractivity contribution in [1.82, 2.24) is 15.2 Å². The zero-order valence-electron chi connectivity index (χ0n) is 14.4. The molecule has 0 aromatic carbocycles. The molecule has 2 aliphatic heterocycles. The highest BCUT2D eigenvalue weighted by molar-refractivity contribution is 6.32. The molecule has 2 saturated heterocycles. The smallest absolute Gasteiger partial charge is 0.246 e. The van der Waals surface area contributed by atoms with Gasteiger partial charge >= 0.3 is 0 Å². The molecule has 1 aromatic heterocycles. The number of piperidine rings is 1. The SMILES string of the molecule is C=CC(=O)N1CC(C)(C(=O)NC2CCN(c3ncccc3Cl)CC2)C1. The lowest BCUT2D eigenvalue weighted by Gasteiger charge is -2.47. The molecule has 1 N–H and O–H groups in total. The molecule has 2 fully saturated rings. The monoisotopic (exact) mass is 362 g/mol. The summed E-state index contributed by atoms with van der Waals surface area (Å²) in [5.41, 5.74) is -0.500. The number of anilines is 1. The van der Waals surface area contributed by atoms with E-state index in [0.29, 0.717) is 18.1 Å². The van der Waals surface area contributed by atoms with Crippen molar-refractivity contribution in [2.75, 3.05) is 31.1 Å². The van der Waals surface area contributed by atoms with E-state index in [1.165, 1.54) is 6.08 Å². The molecule has 2 amide bonds. The standard InChI is InChI=1S/C18H23ClN4O2/c1-3-15(24)23-11-18(2,12-23)17(25)21-13-6-9-22(10-7-13)16-14(19)5-4-8-20-16/h3-5,8,13H,1,6-7,9-12H2,2H3,(H,21,25). The highest BCUT2D eigenvalue weighted by Crippen LogP contribution is 2.31. The summed E-state index contributed by atoms with van der Waals surface area (Å²) in [4.78, 5) is 32.2. The third-order valence-electron chi connectivity index (χ3n) is 4.98. The van der Waals surface area contributed by atoms with Crippen LogP contribution in [0.4, 0.5) is 5.82 Å². The van der Waals surface area contributed by atoms with Crippen LogP contribution in [0.25, 0.3) is 0 Å². The van der Waals surface area contributed by atoms with Gasteiger partial charge in [-0.3, -0.25) is 9.59 Å². The first-order valence-electron chi connectivity index (χ1n) is 8.51. The van der Waals surface area contributed by atoms with Crippen LogP contribution >= 0.6 is 11.6 Å². The van der Waals surface area contributed by atoms with Gasteiger partial charge in [0.2, 0.25) is 11.8 Å². The number of amides is 2. The molecule has 0 unspecified atom stereocenters. The van der Waals surface area contributed by atoms with E-state index < -0.39 is 5.41 Å². The van der Waals surface area contributed by atoms with Gasteiger partial charge in [-0.2, -0.15) is 0 Å². The molecule has 0 aliphatic carbocycles. The molecule has 0 atom stereocenters. The first-order chi connectivity index (χ1) is 11.9. The van der Waals surface area contributed by atoms with Crippen molar-refractivity contribution in [3.63, 3.8) is 0 Å². The molecule has 6 nitrogen and oxygen atoms in total. The lowest BCUT2D eigenvalue weighted by atomic mass is 9.80. The number of rotatable bonds is 4. The molecule has 0 bridgehead atoms. The lowest BCUT2D eigenvalue weighted by molar-refractivity contribution is -0.149. The van der Waals surface area contributed by atoms with Gasteiger partial charge in [0, 0.05) is 38.4 Å². The molecule has 0 spiro atoms. The van der Waals surface area contributed by atoms with Gasteiger partial charge in [0.15, 0.2) is 0 Å². The van der Waals surface area contributed by atoms with Gasteiger partial charge in [0.25, 0.3) is 0 Å². The predicted molar refractivity (Wildman–Crippen MR) is 97.5 cm³/mol. The number of hydrogen-bond acceptors (Lipinski definition) is 4. The molecular weight excluding hydrogens is 340 g/mol. The fourth-order valence-corrected chi connectivity index (χ4v) is 3.67. The van der Waals surface area contributed by atoms with Crippen molar-refractivity contribution in [1.29, 1.82) is 0 Å². The van der Waals surface area contributed by atoms with Crippen LogP contribution in [0.1, 0.15) is 19.8 Å². The second-order valence-corrected chi connectivity index (χ2v) is 7.41. The van der Waals surface area contributed by atoms with E-state index in [0.717, 1.165) is 31.7 Å². The minimum Gasteiger partial charge on any atom is -0.355 e. The number of halogens is 1. The Hall–Kier alpha value is -2.08.